The molecule has 0 saturated carbocycles. The van der Waals surface area contributed by atoms with Crippen molar-refractivity contribution >= 4 is 0 Å². The van der Waals surface area contributed by atoms with E-state index < -0.39 is 0 Å². The molecule has 1 N–H and O–H groups in total. The Morgan fingerprint density at radius 3 is 2.89 bits per heavy atom. The third-order valence-electron chi connectivity index (χ3n) is 2.65. The van der Waals surface area contributed by atoms with E-state index in [-0.39, 0.29) is 0 Å². The molecule has 0 atom stereocenters. The Bertz CT molecular complexity index is 382. The molecule has 0 fully saturated rings. The largest absolute Gasteiger partial charge is 0.380 e. The second kappa shape index (κ2) is 8.68. The third kappa shape index (κ3) is 6.39. The lowest BCUT2D eigenvalue weighted by molar-refractivity contribution is 0.125. The molecular weight excluding hydrogens is 224 g/mol. The molecule has 0 radical (unpaired) electrons. The molecule has 0 aromatic heterocycles. The van der Waals surface area contributed by atoms with Crippen molar-refractivity contribution in [2.75, 3.05) is 19.8 Å². The summed E-state index contributed by atoms with van der Waals surface area (Å²) < 4.78 is 5.51. The van der Waals surface area contributed by atoms with E-state index >= 15 is 0 Å². The first-order valence-corrected chi connectivity index (χ1v) is 6.50. The Labute approximate surface area is 110 Å². The molecule has 0 heterocycles. The van der Waals surface area contributed by atoms with Crippen molar-refractivity contribution < 1.29 is 4.74 Å². The van der Waals surface area contributed by atoms with Gasteiger partial charge in [-0.3, -0.25) is 0 Å². The van der Waals surface area contributed by atoms with Crippen LogP contribution >= 0.6 is 0 Å². The Morgan fingerprint density at radius 2 is 2.17 bits per heavy atom. The van der Waals surface area contributed by atoms with Crippen LogP contribution in [0.1, 0.15) is 31.4 Å². The average Bonchev–Trinajstić information content (AvgIpc) is 2.37. The first kappa shape index (κ1) is 14.7. The standard InChI is InChI=1S/C15H22N2O/c1-13(2)6-8-18-9-7-17-12-15-5-3-4-14(10-15)11-16/h3-5,10,13,17H,6-9,12H2,1-2H3. The van der Waals surface area contributed by atoms with Crippen LogP contribution in [0.25, 0.3) is 0 Å². The summed E-state index contributed by atoms with van der Waals surface area (Å²) in [6.07, 6.45) is 1.12. The molecule has 98 valence electrons. The van der Waals surface area contributed by atoms with E-state index in [1.807, 2.05) is 24.3 Å². The number of benzene rings is 1. The maximum Gasteiger partial charge on any atom is 0.0991 e. The van der Waals surface area contributed by atoms with Crippen LogP contribution in [0.15, 0.2) is 24.3 Å². The second-order valence-corrected chi connectivity index (χ2v) is 4.78. The van der Waals surface area contributed by atoms with E-state index in [2.05, 4.69) is 25.2 Å². The Kier molecular flexibility index (Phi) is 7.09. The van der Waals surface area contributed by atoms with Gasteiger partial charge in [-0.25, -0.2) is 0 Å². The molecule has 0 spiro atoms. The predicted molar refractivity (Wildman–Crippen MR) is 73.1 cm³/mol. The van der Waals surface area contributed by atoms with Crippen LogP contribution in [-0.4, -0.2) is 19.8 Å². The normalized spacial score (nSPS) is 10.6. The fraction of sp³-hybridized carbons (Fsp3) is 0.533. The highest BCUT2D eigenvalue weighted by Gasteiger charge is 1.96. The molecule has 0 bridgehead atoms. The summed E-state index contributed by atoms with van der Waals surface area (Å²) in [5, 5.41) is 12.1. The molecule has 1 rings (SSSR count). The molecule has 0 amide bonds. The van der Waals surface area contributed by atoms with Crippen molar-refractivity contribution in [2.24, 2.45) is 5.92 Å². The summed E-state index contributed by atoms with van der Waals surface area (Å²) in [5.41, 5.74) is 1.85. The van der Waals surface area contributed by atoms with Crippen LogP contribution in [-0.2, 0) is 11.3 Å². The van der Waals surface area contributed by atoms with Crippen molar-refractivity contribution in [3.05, 3.63) is 35.4 Å². The molecule has 0 unspecified atom stereocenters. The van der Waals surface area contributed by atoms with Crippen LogP contribution in [0.2, 0.25) is 0 Å². The predicted octanol–water partition coefficient (Wildman–Crippen LogP) is 2.71. The van der Waals surface area contributed by atoms with Crippen LogP contribution in [0.4, 0.5) is 0 Å². The fourth-order valence-electron chi connectivity index (χ4n) is 1.55. The molecule has 1 aromatic rings. The van der Waals surface area contributed by atoms with Gasteiger partial charge in [-0.1, -0.05) is 26.0 Å². The first-order chi connectivity index (χ1) is 8.72. The van der Waals surface area contributed by atoms with Gasteiger partial charge in [0.1, 0.15) is 0 Å². The highest BCUT2D eigenvalue weighted by molar-refractivity contribution is 5.32. The topological polar surface area (TPSA) is 45.0 Å². The van der Waals surface area contributed by atoms with Crippen molar-refractivity contribution in [1.82, 2.24) is 5.32 Å². The van der Waals surface area contributed by atoms with Gasteiger partial charge in [-0.15, -0.1) is 0 Å². The zero-order valence-corrected chi connectivity index (χ0v) is 11.3. The summed E-state index contributed by atoms with van der Waals surface area (Å²) in [7, 11) is 0. The molecule has 3 heteroatoms. The summed E-state index contributed by atoms with van der Waals surface area (Å²) >= 11 is 0. The quantitative estimate of drug-likeness (QED) is 0.717. The van der Waals surface area contributed by atoms with Gasteiger partial charge in [-0.05, 0) is 30.0 Å². The second-order valence-electron chi connectivity index (χ2n) is 4.78. The number of nitrogens with zero attached hydrogens (tertiary/aromatic N) is 1. The van der Waals surface area contributed by atoms with Gasteiger partial charge in [0.25, 0.3) is 0 Å². The van der Waals surface area contributed by atoms with Crippen molar-refractivity contribution in [3.63, 3.8) is 0 Å². The molecule has 18 heavy (non-hydrogen) atoms. The SMILES string of the molecule is CC(C)CCOCCNCc1cccc(C#N)c1. The first-order valence-electron chi connectivity index (χ1n) is 6.50. The van der Waals surface area contributed by atoms with E-state index in [1.165, 1.54) is 0 Å². The van der Waals surface area contributed by atoms with Gasteiger partial charge in [0.15, 0.2) is 0 Å². The Morgan fingerprint density at radius 1 is 1.33 bits per heavy atom. The summed E-state index contributed by atoms with van der Waals surface area (Å²) in [6.45, 7) is 7.60. The molecule has 0 saturated heterocycles. The lowest BCUT2D eigenvalue weighted by Crippen LogP contribution is -2.19. The smallest absolute Gasteiger partial charge is 0.0991 e. The van der Waals surface area contributed by atoms with E-state index in [0.29, 0.717) is 11.5 Å². The minimum absolute atomic E-state index is 0.701. The van der Waals surface area contributed by atoms with Gasteiger partial charge in [0, 0.05) is 19.7 Å². The van der Waals surface area contributed by atoms with E-state index in [0.717, 1.165) is 38.3 Å². The van der Waals surface area contributed by atoms with Crippen LogP contribution in [0, 0.1) is 17.2 Å². The van der Waals surface area contributed by atoms with E-state index in [4.69, 9.17) is 10.00 Å². The van der Waals surface area contributed by atoms with Gasteiger partial charge in [-0.2, -0.15) is 5.26 Å². The Hall–Kier alpha value is -1.37. The van der Waals surface area contributed by atoms with Crippen LogP contribution in [0.3, 0.4) is 0 Å². The molecular formula is C15H22N2O. The zero-order chi connectivity index (χ0) is 13.2. The molecule has 3 nitrogen and oxygen atoms in total. The molecule has 1 aromatic carbocycles. The van der Waals surface area contributed by atoms with Crippen molar-refractivity contribution in [3.8, 4) is 6.07 Å². The maximum absolute atomic E-state index is 8.79. The lowest BCUT2D eigenvalue weighted by Gasteiger charge is -2.07. The van der Waals surface area contributed by atoms with E-state index in [9.17, 15) is 0 Å². The number of hydrogen-bond donors (Lipinski definition) is 1. The van der Waals surface area contributed by atoms with E-state index in [1.54, 1.807) is 0 Å². The number of hydrogen-bond acceptors (Lipinski definition) is 3. The molecule has 0 aliphatic heterocycles. The summed E-state index contributed by atoms with van der Waals surface area (Å²) in [6, 6.07) is 9.80. The summed E-state index contributed by atoms with van der Waals surface area (Å²) in [5.74, 6) is 0.701. The van der Waals surface area contributed by atoms with Crippen LogP contribution < -0.4 is 5.32 Å². The Balaban J connectivity index is 2.09. The number of rotatable bonds is 8. The number of nitriles is 1. The van der Waals surface area contributed by atoms with Gasteiger partial charge < -0.3 is 10.1 Å². The van der Waals surface area contributed by atoms with Gasteiger partial charge in [0.05, 0.1) is 18.2 Å². The van der Waals surface area contributed by atoms with Gasteiger partial charge in [0.2, 0.25) is 0 Å². The van der Waals surface area contributed by atoms with Crippen LogP contribution in [0.5, 0.6) is 0 Å². The highest BCUT2D eigenvalue weighted by atomic mass is 16.5. The molecule has 0 aliphatic rings. The lowest BCUT2D eigenvalue weighted by atomic mass is 10.1. The number of ether oxygens (including phenoxy) is 1. The summed E-state index contributed by atoms with van der Waals surface area (Å²) in [4.78, 5) is 0. The van der Waals surface area contributed by atoms with Gasteiger partial charge >= 0.3 is 0 Å². The average molecular weight is 246 g/mol. The van der Waals surface area contributed by atoms with Crippen molar-refractivity contribution in [1.29, 1.82) is 5.26 Å². The molecule has 0 aliphatic carbocycles. The zero-order valence-electron chi connectivity index (χ0n) is 11.3. The number of nitrogens with one attached hydrogen (secondary N) is 1. The maximum atomic E-state index is 8.79. The highest BCUT2D eigenvalue weighted by Crippen LogP contribution is 2.03. The monoisotopic (exact) mass is 246 g/mol. The minimum atomic E-state index is 0.701. The van der Waals surface area contributed by atoms with Crippen molar-refractivity contribution in [2.45, 2.75) is 26.8 Å². The third-order valence-corrected chi connectivity index (χ3v) is 2.65. The minimum Gasteiger partial charge on any atom is -0.380 e. The fourth-order valence-corrected chi connectivity index (χ4v) is 1.55.